The van der Waals surface area contributed by atoms with E-state index in [9.17, 15) is 19.8 Å². The number of aliphatic hydroxyl groups is 1. The molecule has 0 amide bonds. The zero-order valence-electron chi connectivity index (χ0n) is 17.9. The van der Waals surface area contributed by atoms with Crippen LogP contribution in [0, 0.1) is 6.92 Å². The minimum atomic E-state index is -1.09. The van der Waals surface area contributed by atoms with Crippen molar-refractivity contribution in [1.82, 2.24) is 19.4 Å². The van der Waals surface area contributed by atoms with E-state index in [1.807, 2.05) is 24.3 Å². The van der Waals surface area contributed by atoms with E-state index in [1.54, 1.807) is 24.7 Å². The maximum atomic E-state index is 12.1. The van der Waals surface area contributed by atoms with Crippen molar-refractivity contribution < 1.29 is 15.0 Å². The fourth-order valence-electron chi connectivity index (χ4n) is 3.67. The molecule has 0 saturated heterocycles. The smallest absolute Gasteiger partial charge is 0.323 e. The number of pyridine rings is 1. The van der Waals surface area contributed by atoms with Crippen LogP contribution in [0.2, 0.25) is 0 Å². The minimum absolute atomic E-state index is 0.0367. The van der Waals surface area contributed by atoms with E-state index in [1.165, 1.54) is 6.92 Å². The summed E-state index contributed by atoms with van der Waals surface area (Å²) in [5.41, 5.74) is 4.09. The normalized spacial score (nSPS) is 13.7. The Bertz CT molecular complexity index is 1120. The van der Waals surface area contributed by atoms with E-state index in [0.717, 1.165) is 28.0 Å². The van der Waals surface area contributed by atoms with Gasteiger partial charge in [0.25, 0.3) is 5.56 Å². The van der Waals surface area contributed by atoms with Gasteiger partial charge in [0.05, 0.1) is 17.1 Å². The number of aromatic nitrogens is 3. The summed E-state index contributed by atoms with van der Waals surface area (Å²) in [6.07, 6.45) is 0.781. The van der Waals surface area contributed by atoms with Gasteiger partial charge in [0.2, 0.25) is 0 Å². The van der Waals surface area contributed by atoms with Crippen LogP contribution in [-0.4, -0.2) is 42.4 Å². The molecule has 2 aromatic heterocycles. The highest BCUT2D eigenvalue weighted by atomic mass is 16.4. The van der Waals surface area contributed by atoms with Gasteiger partial charge in [-0.25, -0.2) is 4.98 Å². The lowest BCUT2D eigenvalue weighted by molar-refractivity contribution is -0.142. The number of nitrogens with one attached hydrogen (secondary N) is 1. The van der Waals surface area contributed by atoms with Crippen LogP contribution in [0.25, 0.3) is 22.4 Å². The van der Waals surface area contributed by atoms with Gasteiger partial charge in [-0.2, -0.15) is 0 Å². The van der Waals surface area contributed by atoms with Crippen molar-refractivity contribution in [3.63, 3.8) is 0 Å². The third-order valence-electron chi connectivity index (χ3n) is 5.17. The number of aliphatic carboxylic acids is 1. The molecule has 0 saturated carbocycles. The van der Waals surface area contributed by atoms with Gasteiger partial charge in [-0.05, 0) is 51.5 Å². The van der Waals surface area contributed by atoms with Crippen LogP contribution in [-0.2, 0) is 18.4 Å². The summed E-state index contributed by atoms with van der Waals surface area (Å²) in [5.74, 6) is -0.321. The Hall–Kier alpha value is -2.97. The molecule has 30 heavy (non-hydrogen) atoms. The van der Waals surface area contributed by atoms with Crippen LogP contribution in [0.15, 0.2) is 35.3 Å². The van der Waals surface area contributed by atoms with E-state index in [2.05, 4.69) is 23.7 Å². The molecule has 8 nitrogen and oxygen atoms in total. The third-order valence-corrected chi connectivity index (χ3v) is 5.17. The number of nitrogens with zero attached hydrogens (tertiary/aromatic N) is 3. The van der Waals surface area contributed by atoms with Crippen molar-refractivity contribution in [1.29, 1.82) is 0 Å². The average Bonchev–Trinajstić information content (AvgIpc) is 3.04. The summed E-state index contributed by atoms with van der Waals surface area (Å²) in [7, 11) is 1.73. The highest BCUT2D eigenvalue weighted by Crippen LogP contribution is 2.29. The van der Waals surface area contributed by atoms with Crippen LogP contribution in [0.3, 0.4) is 0 Å². The molecular weight excluding hydrogens is 384 g/mol. The molecule has 8 heteroatoms. The molecule has 0 spiro atoms. The number of hydrogen-bond donors (Lipinski definition) is 3. The van der Waals surface area contributed by atoms with Crippen LogP contribution < -0.4 is 10.9 Å². The maximum Gasteiger partial charge on any atom is 0.323 e. The van der Waals surface area contributed by atoms with E-state index in [4.69, 9.17) is 4.98 Å². The van der Waals surface area contributed by atoms with Gasteiger partial charge in [-0.1, -0.05) is 6.07 Å². The van der Waals surface area contributed by atoms with Crippen molar-refractivity contribution in [2.45, 2.75) is 52.4 Å². The standard InChI is InChI=1S/C22H28N4O4/c1-12(2)26-18-7-6-15(10-23-19(14(4)27)22(29)30)9-17(18)24-20(26)16-8-13(3)21(28)25(5)11-16/h6-9,11-12,14,19,23,27H,10H2,1-5H3,(H,29,30)/t14?,19-/m0/s1. The van der Waals surface area contributed by atoms with Gasteiger partial charge in [-0.3, -0.25) is 14.9 Å². The number of imidazole rings is 1. The second-order valence-corrected chi connectivity index (χ2v) is 7.99. The largest absolute Gasteiger partial charge is 0.480 e. The first-order valence-electron chi connectivity index (χ1n) is 9.93. The van der Waals surface area contributed by atoms with Gasteiger partial charge < -0.3 is 19.3 Å². The molecule has 0 bridgehead atoms. The lowest BCUT2D eigenvalue weighted by atomic mass is 10.1. The molecule has 160 valence electrons. The van der Waals surface area contributed by atoms with Crippen molar-refractivity contribution in [3.05, 3.63) is 51.9 Å². The molecule has 0 aliphatic heterocycles. The van der Waals surface area contributed by atoms with E-state index < -0.39 is 18.1 Å². The Kier molecular flexibility index (Phi) is 6.09. The van der Waals surface area contributed by atoms with Crippen molar-refractivity contribution in [2.24, 2.45) is 7.05 Å². The highest BCUT2D eigenvalue weighted by Gasteiger charge is 2.22. The quantitative estimate of drug-likeness (QED) is 0.549. The van der Waals surface area contributed by atoms with E-state index >= 15 is 0 Å². The SMILES string of the molecule is Cc1cc(-c2nc3cc(CN[C@H](C(=O)O)C(C)O)ccc3n2C(C)C)cn(C)c1=O. The molecule has 2 atom stereocenters. The molecule has 3 aromatic rings. The van der Waals surface area contributed by atoms with Crippen LogP contribution >= 0.6 is 0 Å². The summed E-state index contributed by atoms with van der Waals surface area (Å²) in [5, 5.41) is 21.7. The Labute approximate surface area is 174 Å². The second kappa shape index (κ2) is 8.41. The second-order valence-electron chi connectivity index (χ2n) is 7.99. The number of fused-ring (bicyclic) bond motifs is 1. The van der Waals surface area contributed by atoms with Crippen LogP contribution in [0.1, 0.15) is 37.9 Å². The number of benzene rings is 1. The van der Waals surface area contributed by atoms with Crippen molar-refractivity contribution in [3.8, 4) is 11.4 Å². The first-order chi connectivity index (χ1) is 14.1. The molecule has 0 radical (unpaired) electrons. The lowest BCUT2D eigenvalue weighted by Crippen LogP contribution is -2.44. The Balaban J connectivity index is 2.03. The van der Waals surface area contributed by atoms with Gasteiger partial charge in [0.15, 0.2) is 0 Å². The molecule has 1 unspecified atom stereocenters. The average molecular weight is 412 g/mol. The number of aliphatic hydroxyl groups excluding tert-OH is 1. The summed E-state index contributed by atoms with van der Waals surface area (Å²) >= 11 is 0. The summed E-state index contributed by atoms with van der Waals surface area (Å²) in [6.45, 7) is 7.68. The fourth-order valence-corrected chi connectivity index (χ4v) is 3.67. The number of carboxylic acids is 1. The molecule has 3 rings (SSSR count). The first kappa shape index (κ1) is 21.7. The Morgan fingerprint density at radius 3 is 2.50 bits per heavy atom. The Morgan fingerprint density at radius 2 is 1.93 bits per heavy atom. The van der Waals surface area contributed by atoms with Gasteiger partial charge in [0.1, 0.15) is 11.9 Å². The van der Waals surface area contributed by atoms with Crippen molar-refractivity contribution in [2.75, 3.05) is 0 Å². The molecule has 0 aliphatic carbocycles. The fraction of sp³-hybridized carbons (Fsp3) is 0.409. The number of rotatable bonds is 7. The monoisotopic (exact) mass is 412 g/mol. The number of carboxylic acid groups (broad SMARTS) is 1. The van der Waals surface area contributed by atoms with Gasteiger partial charge >= 0.3 is 5.97 Å². The number of hydrogen-bond acceptors (Lipinski definition) is 5. The van der Waals surface area contributed by atoms with Gasteiger partial charge in [-0.15, -0.1) is 0 Å². The van der Waals surface area contributed by atoms with Crippen molar-refractivity contribution >= 4 is 17.0 Å². The third kappa shape index (κ3) is 4.15. The summed E-state index contributed by atoms with van der Waals surface area (Å²) in [6, 6.07) is 6.77. The predicted octanol–water partition coefficient (Wildman–Crippen LogP) is 2.21. The zero-order chi connectivity index (χ0) is 22.2. The van der Waals surface area contributed by atoms with E-state index in [-0.39, 0.29) is 11.6 Å². The van der Waals surface area contributed by atoms with Crippen LogP contribution in [0.5, 0.6) is 0 Å². The molecule has 2 heterocycles. The number of carbonyl (C=O) groups is 1. The van der Waals surface area contributed by atoms with Crippen LogP contribution in [0.4, 0.5) is 0 Å². The topological polar surface area (TPSA) is 109 Å². The Morgan fingerprint density at radius 1 is 1.23 bits per heavy atom. The molecule has 3 N–H and O–H groups in total. The zero-order valence-corrected chi connectivity index (χ0v) is 17.9. The highest BCUT2D eigenvalue weighted by molar-refractivity contribution is 5.81. The molecular formula is C22H28N4O4. The summed E-state index contributed by atoms with van der Waals surface area (Å²) in [4.78, 5) is 28.2. The maximum absolute atomic E-state index is 12.1. The van der Waals surface area contributed by atoms with Gasteiger partial charge in [0, 0.05) is 37.0 Å². The lowest BCUT2D eigenvalue weighted by Gasteiger charge is -2.17. The molecule has 0 fully saturated rings. The molecule has 0 aliphatic rings. The first-order valence-corrected chi connectivity index (χ1v) is 9.93. The molecule has 1 aromatic carbocycles. The summed E-state index contributed by atoms with van der Waals surface area (Å²) < 4.78 is 3.69. The number of aryl methyl sites for hydroxylation is 2. The predicted molar refractivity (Wildman–Crippen MR) is 115 cm³/mol. The minimum Gasteiger partial charge on any atom is -0.480 e. The van der Waals surface area contributed by atoms with E-state index in [0.29, 0.717) is 12.1 Å².